The van der Waals surface area contributed by atoms with Gasteiger partial charge in [0.05, 0.1) is 12.2 Å². The summed E-state index contributed by atoms with van der Waals surface area (Å²) in [5.41, 5.74) is 7.97. The quantitative estimate of drug-likeness (QED) is 0.134. The van der Waals surface area contributed by atoms with E-state index in [1.807, 2.05) is 49.4 Å². The number of furan rings is 1. The lowest BCUT2D eigenvalue weighted by molar-refractivity contribution is -0.135. The first-order valence-electron chi connectivity index (χ1n) is 12.0. The van der Waals surface area contributed by atoms with Gasteiger partial charge in [-0.15, -0.1) is 12.8 Å². The number of aliphatic imine (C=N–C) groups is 1. The van der Waals surface area contributed by atoms with Crippen LogP contribution in [0.15, 0.2) is 62.4 Å². The normalized spacial score (nSPS) is 13.2. The molecule has 1 aliphatic rings. The van der Waals surface area contributed by atoms with E-state index in [9.17, 15) is 9.59 Å². The summed E-state index contributed by atoms with van der Waals surface area (Å²) in [4.78, 5) is 29.4. The molecule has 0 bridgehead atoms. The van der Waals surface area contributed by atoms with Gasteiger partial charge in [0.1, 0.15) is 11.3 Å². The van der Waals surface area contributed by atoms with Crippen molar-refractivity contribution in [3.63, 3.8) is 0 Å². The van der Waals surface area contributed by atoms with Crippen LogP contribution in [0.3, 0.4) is 0 Å². The van der Waals surface area contributed by atoms with Crippen molar-refractivity contribution in [2.45, 2.75) is 39.2 Å². The highest BCUT2D eigenvalue weighted by Crippen LogP contribution is 2.24. The lowest BCUT2D eigenvalue weighted by Gasteiger charge is -2.19. The number of terminal acetylenes is 1. The van der Waals surface area contributed by atoms with Crippen molar-refractivity contribution in [1.82, 2.24) is 15.5 Å². The number of carbonyl (C=O) groups is 2. The molecule has 2 amide bonds. The van der Waals surface area contributed by atoms with Crippen LogP contribution in [0.25, 0.3) is 11.0 Å². The Balaban J connectivity index is 0.000000256. The zero-order valence-electron chi connectivity index (χ0n) is 21.2. The van der Waals surface area contributed by atoms with Crippen molar-refractivity contribution in [1.29, 1.82) is 5.26 Å². The second-order valence-electron chi connectivity index (χ2n) is 8.31. The molecule has 0 spiro atoms. The van der Waals surface area contributed by atoms with Gasteiger partial charge in [0.2, 0.25) is 17.8 Å². The molecule has 1 aliphatic heterocycles. The molecule has 10 heteroatoms. The Morgan fingerprint density at radius 1 is 1.21 bits per heavy atom. The van der Waals surface area contributed by atoms with Gasteiger partial charge in [-0.3, -0.25) is 14.9 Å². The van der Waals surface area contributed by atoms with E-state index < -0.39 is 0 Å². The molecule has 4 N–H and O–H groups in total. The Morgan fingerprint density at radius 3 is 2.71 bits per heavy atom. The van der Waals surface area contributed by atoms with Gasteiger partial charge in [-0.1, -0.05) is 40.5 Å². The number of rotatable bonds is 5. The van der Waals surface area contributed by atoms with Crippen molar-refractivity contribution in [2.75, 3.05) is 13.1 Å². The van der Waals surface area contributed by atoms with Crippen LogP contribution in [-0.4, -0.2) is 35.8 Å². The highest BCUT2D eigenvalue weighted by atomic mass is 79.9. The number of amides is 2. The maximum atomic E-state index is 11.9. The van der Waals surface area contributed by atoms with Crippen molar-refractivity contribution < 1.29 is 14.0 Å². The summed E-state index contributed by atoms with van der Waals surface area (Å²) >= 11 is 3.45. The molecule has 1 fully saturated rings. The summed E-state index contributed by atoms with van der Waals surface area (Å²) < 4.78 is 6.41. The number of guanidine groups is 1. The summed E-state index contributed by atoms with van der Waals surface area (Å²) in [6.45, 7) is 3.22. The molecule has 0 unspecified atom stereocenters. The fraction of sp³-hybridized carbons (Fsp3) is 0.286. The highest BCUT2D eigenvalue weighted by Gasteiger charge is 2.19. The summed E-state index contributed by atoms with van der Waals surface area (Å²) in [5.74, 6) is 0.913. The van der Waals surface area contributed by atoms with E-state index in [0.29, 0.717) is 25.2 Å². The number of aryl methyl sites for hydroxylation is 1. The van der Waals surface area contributed by atoms with Crippen molar-refractivity contribution in [3.8, 4) is 19.0 Å². The second kappa shape index (κ2) is 15.7. The standard InChI is InChI=1S/C15H19BrN2O2.C11H10N4O.C2H2/c16-13-7-4-3-6-12(13)10-17-14(19)11-18-9-5-1-2-8-15(18)20;1-7-4-8-5-9(2-3-10(8)16-7)15-11(13)14-6-12;1-2/h3-4,6-7H,1-2,5,8-11H2,(H,17,19);2-5H,1H3,(H3,13,14,15);1-2H. The molecular formula is C28H31BrN6O3. The molecule has 38 heavy (non-hydrogen) atoms. The highest BCUT2D eigenvalue weighted by molar-refractivity contribution is 9.10. The van der Waals surface area contributed by atoms with Gasteiger partial charge in [-0.2, -0.15) is 5.26 Å². The van der Waals surface area contributed by atoms with Crippen molar-refractivity contribution in [2.24, 2.45) is 10.7 Å². The number of fused-ring (bicyclic) bond motifs is 1. The first-order chi connectivity index (χ1) is 18.4. The topological polar surface area (TPSA) is 137 Å². The third-order valence-corrected chi connectivity index (χ3v) is 6.27. The van der Waals surface area contributed by atoms with Gasteiger partial charge in [0.25, 0.3) is 0 Å². The third-order valence-electron chi connectivity index (χ3n) is 5.50. The van der Waals surface area contributed by atoms with Gasteiger partial charge >= 0.3 is 0 Å². The molecule has 9 nitrogen and oxygen atoms in total. The molecule has 2 heterocycles. The Kier molecular flexibility index (Phi) is 12.4. The zero-order chi connectivity index (χ0) is 27.9. The van der Waals surface area contributed by atoms with E-state index in [2.05, 4.69) is 44.4 Å². The summed E-state index contributed by atoms with van der Waals surface area (Å²) in [6.07, 6.45) is 13.3. The van der Waals surface area contributed by atoms with Gasteiger partial charge in [-0.25, -0.2) is 4.99 Å². The SMILES string of the molecule is C#C.Cc1cc2cc(N=C(N)NC#N)ccc2o1.O=C(CN1CCCCCC1=O)NCc1ccccc1Br. The predicted molar refractivity (Wildman–Crippen MR) is 152 cm³/mol. The third kappa shape index (κ3) is 9.64. The zero-order valence-corrected chi connectivity index (χ0v) is 22.8. The molecule has 1 saturated heterocycles. The smallest absolute Gasteiger partial charge is 0.239 e. The number of halogens is 1. The van der Waals surface area contributed by atoms with Crippen LogP contribution in [0, 0.1) is 31.2 Å². The molecule has 2 aromatic carbocycles. The minimum absolute atomic E-state index is 0.0714. The van der Waals surface area contributed by atoms with Crippen LogP contribution < -0.4 is 16.4 Å². The van der Waals surface area contributed by atoms with Crippen LogP contribution in [-0.2, 0) is 16.1 Å². The largest absolute Gasteiger partial charge is 0.461 e. The Morgan fingerprint density at radius 2 is 1.97 bits per heavy atom. The number of hydrogen-bond donors (Lipinski definition) is 3. The number of nitrogens with two attached hydrogens (primary N) is 1. The number of likely N-dealkylation sites (tertiary alicyclic amines) is 1. The maximum Gasteiger partial charge on any atom is 0.239 e. The minimum atomic E-state index is -0.101. The van der Waals surface area contributed by atoms with Crippen LogP contribution in [0.4, 0.5) is 5.69 Å². The number of carbonyl (C=O) groups excluding carboxylic acids is 2. The molecule has 198 valence electrons. The van der Waals surface area contributed by atoms with E-state index in [-0.39, 0.29) is 24.3 Å². The molecule has 0 aliphatic carbocycles. The molecule has 0 radical (unpaired) electrons. The lowest BCUT2D eigenvalue weighted by Crippen LogP contribution is -2.40. The van der Waals surface area contributed by atoms with Gasteiger partial charge in [0.15, 0.2) is 6.19 Å². The first kappa shape index (κ1) is 29.9. The molecule has 0 atom stereocenters. The summed E-state index contributed by atoms with van der Waals surface area (Å²) in [6, 6.07) is 15.1. The summed E-state index contributed by atoms with van der Waals surface area (Å²) in [5, 5.41) is 14.4. The molecule has 4 rings (SSSR count). The minimum Gasteiger partial charge on any atom is -0.461 e. The predicted octanol–water partition coefficient (Wildman–Crippen LogP) is 4.48. The fourth-order valence-electron chi connectivity index (χ4n) is 3.73. The summed E-state index contributed by atoms with van der Waals surface area (Å²) in [7, 11) is 0. The van der Waals surface area contributed by atoms with E-state index in [4.69, 9.17) is 15.4 Å². The second-order valence-corrected chi connectivity index (χ2v) is 9.16. The monoisotopic (exact) mass is 578 g/mol. The molecular weight excluding hydrogens is 548 g/mol. The lowest BCUT2D eigenvalue weighted by atomic mass is 10.2. The van der Waals surface area contributed by atoms with Gasteiger partial charge < -0.3 is 20.4 Å². The Hall–Kier alpha value is -4.28. The Labute approximate surface area is 231 Å². The maximum absolute atomic E-state index is 11.9. The van der Waals surface area contributed by atoms with E-state index in [1.54, 1.807) is 17.2 Å². The average Bonchev–Trinajstić information content (AvgIpc) is 3.16. The molecule has 1 aromatic heterocycles. The average molecular weight is 579 g/mol. The van der Waals surface area contributed by atoms with Crippen LogP contribution in [0.1, 0.15) is 37.0 Å². The van der Waals surface area contributed by atoms with Crippen LogP contribution in [0.2, 0.25) is 0 Å². The number of benzene rings is 2. The van der Waals surface area contributed by atoms with E-state index in [1.165, 1.54) is 0 Å². The number of nitriles is 1. The first-order valence-corrected chi connectivity index (χ1v) is 12.8. The van der Waals surface area contributed by atoms with E-state index >= 15 is 0 Å². The fourth-order valence-corrected chi connectivity index (χ4v) is 4.15. The number of hydrogen-bond acceptors (Lipinski definition) is 5. The van der Waals surface area contributed by atoms with Crippen LogP contribution >= 0.6 is 15.9 Å². The Bertz CT molecular complexity index is 1320. The number of nitrogens with one attached hydrogen (secondary N) is 2. The molecule has 3 aromatic rings. The van der Waals surface area contributed by atoms with E-state index in [0.717, 1.165) is 46.0 Å². The van der Waals surface area contributed by atoms with Crippen LogP contribution in [0.5, 0.6) is 0 Å². The molecule has 0 saturated carbocycles. The van der Waals surface area contributed by atoms with Gasteiger partial charge in [0, 0.05) is 29.4 Å². The van der Waals surface area contributed by atoms with Crippen molar-refractivity contribution in [3.05, 3.63) is 64.3 Å². The number of nitrogens with zero attached hydrogens (tertiary/aromatic N) is 3. The van der Waals surface area contributed by atoms with Crippen molar-refractivity contribution >= 4 is 50.4 Å². The van der Waals surface area contributed by atoms with Gasteiger partial charge in [-0.05, 0) is 55.7 Å².